The molecule has 24 heavy (non-hydrogen) atoms. The highest BCUT2D eigenvalue weighted by atomic mass is 16.5. The molecule has 1 aromatic rings. The number of rotatable bonds is 9. The zero-order chi connectivity index (χ0) is 18.5. The average molecular weight is 338 g/mol. The molecule has 1 rings (SSSR count). The zero-order valence-electron chi connectivity index (χ0n) is 15.2. The van der Waals surface area contributed by atoms with Crippen LogP contribution in [0.3, 0.4) is 0 Å². The minimum absolute atomic E-state index is 0.0301. The third-order valence-electron chi connectivity index (χ3n) is 3.88. The number of benzene rings is 1. The number of methoxy groups -OCH3 is 1. The summed E-state index contributed by atoms with van der Waals surface area (Å²) in [7, 11) is 5.13. The molecule has 0 aliphatic heterocycles. The highest BCUT2D eigenvalue weighted by Gasteiger charge is 2.21. The first-order valence-corrected chi connectivity index (χ1v) is 8.00. The van der Waals surface area contributed by atoms with Gasteiger partial charge in [-0.25, -0.2) is 0 Å². The van der Waals surface area contributed by atoms with Crippen LogP contribution in [0, 0.1) is 5.92 Å². The Balaban J connectivity index is 0.000000449. The van der Waals surface area contributed by atoms with E-state index in [2.05, 4.69) is 10.6 Å². The Morgan fingerprint density at radius 2 is 1.79 bits per heavy atom. The summed E-state index contributed by atoms with van der Waals surface area (Å²) in [5.74, 6) is -0.867. The first kappa shape index (κ1) is 22.2. The van der Waals surface area contributed by atoms with Gasteiger partial charge in [-0.1, -0.05) is 37.3 Å². The lowest BCUT2D eigenvalue weighted by molar-refractivity contribution is -0.139. The normalized spacial score (nSPS) is 15.4. The van der Waals surface area contributed by atoms with Gasteiger partial charge >= 0.3 is 5.97 Å². The summed E-state index contributed by atoms with van der Waals surface area (Å²) < 4.78 is 5.16. The minimum atomic E-state index is -0.814. The van der Waals surface area contributed by atoms with Crippen LogP contribution in [0.2, 0.25) is 0 Å². The van der Waals surface area contributed by atoms with E-state index in [-0.39, 0.29) is 18.1 Å². The molecule has 3 N–H and O–H groups in total. The molecule has 1 aromatic carbocycles. The van der Waals surface area contributed by atoms with Gasteiger partial charge in [-0.2, -0.15) is 0 Å². The van der Waals surface area contributed by atoms with Gasteiger partial charge in [0.15, 0.2) is 0 Å². The van der Waals surface area contributed by atoms with Gasteiger partial charge in [0, 0.05) is 19.1 Å². The summed E-state index contributed by atoms with van der Waals surface area (Å²) >= 11 is 0. The second kappa shape index (κ2) is 12.6. The molecule has 6 heteroatoms. The van der Waals surface area contributed by atoms with Crippen molar-refractivity contribution in [3.8, 4) is 0 Å². The smallest absolute Gasteiger partial charge is 0.321 e. The van der Waals surface area contributed by atoms with E-state index in [1.807, 2.05) is 51.2 Å². The molecule has 0 aliphatic carbocycles. The number of carboxylic acids is 1. The van der Waals surface area contributed by atoms with Crippen molar-refractivity contribution in [3.63, 3.8) is 0 Å². The first-order valence-electron chi connectivity index (χ1n) is 8.00. The minimum Gasteiger partial charge on any atom is -0.480 e. The largest absolute Gasteiger partial charge is 0.480 e. The molecular formula is C18H30N2O4. The molecule has 0 saturated heterocycles. The number of likely N-dealkylation sites (N-methyl/N-ethyl adjacent to an activating group) is 2. The van der Waals surface area contributed by atoms with E-state index in [1.54, 1.807) is 14.2 Å². The fraction of sp³-hybridized carbons (Fsp3) is 0.556. The maximum absolute atomic E-state index is 10.7. The fourth-order valence-electron chi connectivity index (χ4n) is 2.28. The van der Waals surface area contributed by atoms with Gasteiger partial charge in [0.1, 0.15) is 12.3 Å². The summed E-state index contributed by atoms with van der Waals surface area (Å²) in [6.07, 6.45) is 1.41. The molecule has 4 unspecified atom stereocenters. The van der Waals surface area contributed by atoms with Crippen LogP contribution in [0.25, 0.3) is 0 Å². The zero-order valence-corrected chi connectivity index (χ0v) is 15.2. The van der Waals surface area contributed by atoms with E-state index in [9.17, 15) is 9.59 Å². The van der Waals surface area contributed by atoms with Crippen molar-refractivity contribution < 1.29 is 19.4 Å². The summed E-state index contributed by atoms with van der Waals surface area (Å²) in [6, 6.07) is 9.29. The Hall–Kier alpha value is -1.76. The molecule has 136 valence electrons. The van der Waals surface area contributed by atoms with Gasteiger partial charge in [0.25, 0.3) is 0 Å². The molecule has 0 bridgehead atoms. The molecule has 0 aromatic heterocycles. The van der Waals surface area contributed by atoms with Crippen molar-refractivity contribution in [3.05, 3.63) is 35.9 Å². The Morgan fingerprint density at radius 3 is 2.17 bits per heavy atom. The third-order valence-corrected chi connectivity index (χ3v) is 3.88. The van der Waals surface area contributed by atoms with E-state index >= 15 is 0 Å². The molecule has 4 atom stereocenters. The predicted molar refractivity (Wildman–Crippen MR) is 95.2 cm³/mol. The van der Waals surface area contributed by atoms with E-state index in [0.29, 0.717) is 6.42 Å². The highest BCUT2D eigenvalue weighted by Crippen LogP contribution is 2.07. The monoisotopic (exact) mass is 338 g/mol. The maximum atomic E-state index is 10.7. The number of hydrogen-bond donors (Lipinski definition) is 3. The Bertz CT molecular complexity index is 467. The van der Waals surface area contributed by atoms with Crippen LogP contribution in [-0.4, -0.2) is 56.8 Å². The van der Waals surface area contributed by atoms with Crippen LogP contribution in [0.1, 0.15) is 19.4 Å². The molecular weight excluding hydrogens is 308 g/mol. The van der Waals surface area contributed by atoms with Crippen molar-refractivity contribution in [1.29, 1.82) is 0 Å². The summed E-state index contributed by atoms with van der Waals surface area (Å²) in [6.45, 7) is 3.85. The summed E-state index contributed by atoms with van der Waals surface area (Å²) in [5, 5.41) is 14.6. The number of carboxylic acid groups (broad SMARTS) is 1. The Labute approximate surface area is 144 Å². The van der Waals surface area contributed by atoms with Crippen LogP contribution < -0.4 is 10.6 Å². The van der Waals surface area contributed by atoms with Gasteiger partial charge in [0.2, 0.25) is 0 Å². The summed E-state index contributed by atoms with van der Waals surface area (Å²) in [4.78, 5) is 21.1. The lowest BCUT2D eigenvalue weighted by atomic mass is 10.0. The molecule has 0 radical (unpaired) electrons. The van der Waals surface area contributed by atoms with Gasteiger partial charge in [-0.3, -0.25) is 4.79 Å². The van der Waals surface area contributed by atoms with Crippen LogP contribution in [-0.2, 0) is 20.7 Å². The highest BCUT2D eigenvalue weighted by molar-refractivity contribution is 5.73. The molecule has 0 aliphatic rings. The first-order chi connectivity index (χ1) is 11.4. The quantitative estimate of drug-likeness (QED) is 0.589. The van der Waals surface area contributed by atoms with Crippen molar-refractivity contribution >= 4 is 12.3 Å². The van der Waals surface area contributed by atoms with E-state index in [1.165, 1.54) is 0 Å². The van der Waals surface area contributed by atoms with Crippen LogP contribution in [0.5, 0.6) is 0 Å². The number of carbonyl (C=O) groups is 2. The van der Waals surface area contributed by atoms with E-state index < -0.39 is 12.0 Å². The summed E-state index contributed by atoms with van der Waals surface area (Å²) in [5.41, 5.74) is 1.03. The third kappa shape index (κ3) is 8.19. The van der Waals surface area contributed by atoms with Gasteiger partial charge in [-0.15, -0.1) is 0 Å². The van der Waals surface area contributed by atoms with Crippen LogP contribution in [0.15, 0.2) is 30.3 Å². The van der Waals surface area contributed by atoms with E-state index in [0.717, 1.165) is 11.8 Å². The van der Waals surface area contributed by atoms with Crippen molar-refractivity contribution in [2.75, 3.05) is 21.2 Å². The van der Waals surface area contributed by atoms with E-state index in [4.69, 9.17) is 9.84 Å². The molecule has 6 nitrogen and oxygen atoms in total. The Kier molecular flexibility index (Phi) is 11.7. The number of nitrogens with one attached hydrogen (secondary N) is 2. The lowest BCUT2D eigenvalue weighted by Crippen LogP contribution is -2.40. The standard InChI is InChI=1S/C10H13NO2.C8H17NO2/c1-11-9(10(12)13)7-8-5-3-2-4-6-8;1-6(5-10)8(11-4)7(2)9-3/h2-6,9,11H,7H2,1H3,(H,12,13);5-9H,1-4H3. The maximum Gasteiger partial charge on any atom is 0.321 e. The number of ether oxygens (including phenoxy) is 1. The number of hydrogen-bond acceptors (Lipinski definition) is 5. The lowest BCUT2D eigenvalue weighted by Gasteiger charge is -2.24. The van der Waals surface area contributed by atoms with Crippen molar-refractivity contribution in [2.24, 2.45) is 5.92 Å². The molecule has 0 saturated carbocycles. The van der Waals surface area contributed by atoms with Gasteiger partial charge < -0.3 is 25.3 Å². The topological polar surface area (TPSA) is 87.7 Å². The van der Waals surface area contributed by atoms with Gasteiger partial charge in [-0.05, 0) is 33.0 Å². The van der Waals surface area contributed by atoms with Gasteiger partial charge in [0.05, 0.1) is 6.10 Å². The average Bonchev–Trinajstić information content (AvgIpc) is 2.60. The predicted octanol–water partition coefficient (Wildman–Crippen LogP) is 1.35. The SMILES string of the molecule is CNC(C)C(OC)C(C)C=O.CNC(Cc1ccccc1)C(=O)O. The van der Waals surface area contributed by atoms with Crippen LogP contribution in [0.4, 0.5) is 0 Å². The molecule has 0 heterocycles. The number of aliphatic carboxylic acids is 1. The number of aldehydes is 1. The van der Waals surface area contributed by atoms with Crippen molar-refractivity contribution in [1.82, 2.24) is 10.6 Å². The Morgan fingerprint density at radius 1 is 1.21 bits per heavy atom. The van der Waals surface area contributed by atoms with Crippen LogP contribution >= 0.6 is 0 Å². The fourth-order valence-corrected chi connectivity index (χ4v) is 2.28. The van der Waals surface area contributed by atoms with Crippen molar-refractivity contribution in [2.45, 2.75) is 38.5 Å². The molecule has 0 fully saturated rings. The number of carbonyl (C=O) groups excluding carboxylic acids is 1. The second-order valence-electron chi connectivity index (χ2n) is 5.64. The molecule has 0 amide bonds. The second-order valence-corrected chi connectivity index (χ2v) is 5.64. The molecule has 0 spiro atoms.